The molecule has 0 amide bonds. The molecule has 0 unspecified atom stereocenters. The average Bonchev–Trinajstić information content (AvgIpc) is 3.25. The average molecular weight is 347 g/mol. The number of aromatic carboxylic acids is 1. The van der Waals surface area contributed by atoms with E-state index in [0.29, 0.717) is 11.3 Å². The SMILES string of the molecule is CCn1cc(-c2ccnc3[nH]c(C(=O)O)cc23)c(-c2cccc(N)c2)n1. The topological polar surface area (TPSA) is 110 Å². The summed E-state index contributed by atoms with van der Waals surface area (Å²) in [6.07, 6.45) is 3.62. The van der Waals surface area contributed by atoms with Gasteiger partial charge >= 0.3 is 5.97 Å². The molecule has 0 fully saturated rings. The quantitative estimate of drug-likeness (QED) is 0.490. The van der Waals surface area contributed by atoms with Crippen LogP contribution in [0.3, 0.4) is 0 Å². The molecule has 0 saturated carbocycles. The largest absolute Gasteiger partial charge is 0.477 e. The second-order valence-electron chi connectivity index (χ2n) is 5.98. The second-order valence-corrected chi connectivity index (χ2v) is 5.98. The number of carboxylic acid groups (broad SMARTS) is 1. The molecule has 0 radical (unpaired) electrons. The predicted molar refractivity (Wildman–Crippen MR) is 99.8 cm³/mol. The van der Waals surface area contributed by atoms with E-state index in [1.54, 1.807) is 12.3 Å². The molecule has 4 N–H and O–H groups in total. The van der Waals surface area contributed by atoms with E-state index in [1.807, 2.05) is 48.1 Å². The van der Waals surface area contributed by atoms with E-state index in [9.17, 15) is 9.90 Å². The summed E-state index contributed by atoms with van der Waals surface area (Å²) in [5.74, 6) is -1.02. The smallest absolute Gasteiger partial charge is 0.352 e. The molecule has 0 saturated heterocycles. The number of rotatable bonds is 4. The molecule has 26 heavy (non-hydrogen) atoms. The number of aryl methyl sites for hydroxylation is 1. The molecule has 3 heterocycles. The summed E-state index contributed by atoms with van der Waals surface area (Å²) in [6, 6.07) is 11.0. The second kappa shape index (κ2) is 6.03. The van der Waals surface area contributed by atoms with Gasteiger partial charge in [-0.25, -0.2) is 9.78 Å². The Morgan fingerprint density at radius 1 is 1.27 bits per heavy atom. The zero-order valence-corrected chi connectivity index (χ0v) is 14.1. The van der Waals surface area contributed by atoms with Crippen molar-refractivity contribution in [1.82, 2.24) is 19.7 Å². The van der Waals surface area contributed by atoms with Crippen LogP contribution in [0.5, 0.6) is 0 Å². The number of hydrogen-bond acceptors (Lipinski definition) is 4. The third kappa shape index (κ3) is 2.59. The highest BCUT2D eigenvalue weighted by Gasteiger charge is 2.18. The number of anilines is 1. The van der Waals surface area contributed by atoms with Crippen LogP contribution in [0, 0.1) is 0 Å². The van der Waals surface area contributed by atoms with Gasteiger partial charge in [-0.15, -0.1) is 0 Å². The minimum absolute atomic E-state index is 0.105. The van der Waals surface area contributed by atoms with Crippen LogP contribution in [-0.2, 0) is 6.54 Å². The normalized spacial score (nSPS) is 11.1. The Kier molecular flexibility index (Phi) is 3.69. The molecule has 130 valence electrons. The fourth-order valence-corrected chi connectivity index (χ4v) is 3.06. The van der Waals surface area contributed by atoms with Crippen molar-refractivity contribution in [1.29, 1.82) is 0 Å². The van der Waals surface area contributed by atoms with Crippen LogP contribution in [0.1, 0.15) is 17.4 Å². The van der Waals surface area contributed by atoms with Crippen molar-refractivity contribution in [2.45, 2.75) is 13.5 Å². The first-order valence-electron chi connectivity index (χ1n) is 8.21. The molecule has 1 aromatic carbocycles. The monoisotopic (exact) mass is 347 g/mol. The molecule has 7 nitrogen and oxygen atoms in total. The molecule has 0 atom stereocenters. The molecule has 0 aliphatic rings. The predicted octanol–water partition coefficient (Wildman–Crippen LogP) is 3.39. The molecular formula is C19H17N5O2. The summed E-state index contributed by atoms with van der Waals surface area (Å²) in [6.45, 7) is 2.73. The maximum absolute atomic E-state index is 11.3. The Bertz CT molecular complexity index is 1130. The first kappa shape index (κ1) is 15.9. The minimum atomic E-state index is -1.02. The van der Waals surface area contributed by atoms with E-state index in [4.69, 9.17) is 5.73 Å². The number of fused-ring (bicyclic) bond motifs is 1. The van der Waals surface area contributed by atoms with Crippen LogP contribution < -0.4 is 5.73 Å². The third-order valence-corrected chi connectivity index (χ3v) is 4.30. The van der Waals surface area contributed by atoms with Gasteiger partial charge in [0.2, 0.25) is 0 Å². The summed E-state index contributed by atoms with van der Waals surface area (Å²) in [7, 11) is 0. The summed E-state index contributed by atoms with van der Waals surface area (Å²) in [5.41, 5.74) is 10.7. The number of aromatic nitrogens is 4. The number of nitrogens with zero attached hydrogens (tertiary/aromatic N) is 3. The van der Waals surface area contributed by atoms with Gasteiger partial charge in [-0.05, 0) is 36.8 Å². The highest BCUT2D eigenvalue weighted by Crippen LogP contribution is 2.35. The number of nitrogen functional groups attached to an aromatic ring is 1. The van der Waals surface area contributed by atoms with Gasteiger partial charge in [0.15, 0.2) is 0 Å². The number of H-pyrrole nitrogens is 1. The van der Waals surface area contributed by atoms with Crippen LogP contribution in [0.2, 0.25) is 0 Å². The van der Waals surface area contributed by atoms with Crippen LogP contribution in [0.15, 0.2) is 48.8 Å². The van der Waals surface area contributed by atoms with E-state index in [0.717, 1.165) is 34.3 Å². The number of nitrogens with one attached hydrogen (secondary N) is 1. The van der Waals surface area contributed by atoms with Gasteiger partial charge in [0, 0.05) is 41.1 Å². The molecule has 4 aromatic rings. The molecule has 0 aliphatic carbocycles. The number of benzene rings is 1. The number of carbonyl (C=O) groups is 1. The molecule has 4 rings (SSSR count). The van der Waals surface area contributed by atoms with Gasteiger partial charge in [0.05, 0.1) is 0 Å². The van der Waals surface area contributed by atoms with Crippen molar-refractivity contribution >= 4 is 22.7 Å². The van der Waals surface area contributed by atoms with Gasteiger partial charge in [-0.1, -0.05) is 12.1 Å². The van der Waals surface area contributed by atoms with Crippen LogP contribution >= 0.6 is 0 Å². The van der Waals surface area contributed by atoms with Crippen molar-refractivity contribution < 1.29 is 9.90 Å². The lowest BCUT2D eigenvalue weighted by molar-refractivity contribution is 0.0691. The third-order valence-electron chi connectivity index (χ3n) is 4.30. The standard InChI is InChI=1S/C19H17N5O2/c1-2-24-10-15(17(23-24)11-4-3-5-12(20)8-11)13-6-7-21-18-14(13)9-16(22-18)19(25)26/h3-10H,2,20H2,1H3,(H,21,22)(H,25,26). The Labute approximate surface area is 149 Å². The lowest BCUT2D eigenvalue weighted by Crippen LogP contribution is -1.94. The number of pyridine rings is 1. The van der Waals surface area contributed by atoms with E-state index < -0.39 is 5.97 Å². The molecule has 0 aliphatic heterocycles. The van der Waals surface area contributed by atoms with Crippen molar-refractivity contribution in [3.63, 3.8) is 0 Å². The summed E-state index contributed by atoms with van der Waals surface area (Å²) < 4.78 is 1.85. The fourth-order valence-electron chi connectivity index (χ4n) is 3.06. The Hall–Kier alpha value is -3.61. The number of aromatic amines is 1. The Morgan fingerprint density at radius 3 is 2.85 bits per heavy atom. The first-order chi connectivity index (χ1) is 12.6. The first-order valence-corrected chi connectivity index (χ1v) is 8.21. The van der Waals surface area contributed by atoms with Gasteiger partial charge in [-0.2, -0.15) is 5.10 Å². The zero-order chi connectivity index (χ0) is 18.3. The zero-order valence-electron chi connectivity index (χ0n) is 14.1. The number of hydrogen-bond donors (Lipinski definition) is 3. The van der Waals surface area contributed by atoms with Gasteiger partial charge in [0.1, 0.15) is 17.0 Å². The number of nitrogens with two attached hydrogens (primary N) is 1. The number of carboxylic acids is 1. The molecular weight excluding hydrogens is 330 g/mol. The molecule has 3 aromatic heterocycles. The van der Waals surface area contributed by atoms with Crippen LogP contribution in [0.4, 0.5) is 5.69 Å². The maximum atomic E-state index is 11.3. The van der Waals surface area contributed by atoms with E-state index in [-0.39, 0.29) is 5.69 Å². The lowest BCUT2D eigenvalue weighted by atomic mass is 10.00. The minimum Gasteiger partial charge on any atom is -0.477 e. The van der Waals surface area contributed by atoms with Crippen molar-refractivity contribution in [2.75, 3.05) is 5.73 Å². The van der Waals surface area contributed by atoms with Crippen LogP contribution in [-0.4, -0.2) is 30.8 Å². The highest BCUT2D eigenvalue weighted by atomic mass is 16.4. The summed E-state index contributed by atoms with van der Waals surface area (Å²) >= 11 is 0. The van der Waals surface area contributed by atoms with E-state index >= 15 is 0 Å². The molecule has 7 heteroatoms. The van der Waals surface area contributed by atoms with E-state index in [2.05, 4.69) is 15.1 Å². The van der Waals surface area contributed by atoms with Gasteiger partial charge in [-0.3, -0.25) is 4.68 Å². The van der Waals surface area contributed by atoms with Crippen molar-refractivity contribution in [3.8, 4) is 22.4 Å². The van der Waals surface area contributed by atoms with Crippen molar-refractivity contribution in [2.24, 2.45) is 0 Å². The highest BCUT2D eigenvalue weighted by molar-refractivity contribution is 6.01. The fraction of sp³-hybridized carbons (Fsp3) is 0.105. The van der Waals surface area contributed by atoms with Gasteiger partial charge < -0.3 is 15.8 Å². The Morgan fingerprint density at radius 2 is 2.12 bits per heavy atom. The van der Waals surface area contributed by atoms with Gasteiger partial charge in [0.25, 0.3) is 0 Å². The lowest BCUT2D eigenvalue weighted by Gasteiger charge is -2.05. The summed E-state index contributed by atoms with van der Waals surface area (Å²) in [4.78, 5) is 18.4. The molecule has 0 bridgehead atoms. The molecule has 0 spiro atoms. The maximum Gasteiger partial charge on any atom is 0.352 e. The Balaban J connectivity index is 1.97. The van der Waals surface area contributed by atoms with Crippen LogP contribution in [0.25, 0.3) is 33.4 Å². The summed E-state index contributed by atoms with van der Waals surface area (Å²) in [5, 5.41) is 14.7. The van der Waals surface area contributed by atoms with E-state index in [1.165, 1.54) is 0 Å². The van der Waals surface area contributed by atoms with Crippen molar-refractivity contribution in [3.05, 3.63) is 54.5 Å².